The minimum absolute atomic E-state index is 0.124. The second-order valence-corrected chi connectivity index (χ2v) is 7.33. The lowest BCUT2D eigenvalue weighted by Gasteiger charge is -2.18. The second-order valence-electron chi connectivity index (χ2n) is 4.99. The summed E-state index contributed by atoms with van der Waals surface area (Å²) in [7, 11) is -0.617. The van der Waals surface area contributed by atoms with Crippen LogP contribution in [0.5, 0.6) is 0 Å². The monoisotopic (exact) mass is 334 g/mol. The van der Waals surface area contributed by atoms with Gasteiger partial charge in [0.25, 0.3) is 0 Å². The molecule has 8 heteroatoms. The summed E-state index contributed by atoms with van der Waals surface area (Å²) in [5.41, 5.74) is 6.66. The van der Waals surface area contributed by atoms with Gasteiger partial charge in [-0.2, -0.15) is 4.31 Å². The number of anilines is 1. The first-order valence-corrected chi connectivity index (χ1v) is 8.24. The first-order chi connectivity index (χ1) is 9.81. The molecule has 0 aromatic heterocycles. The number of methoxy groups -OCH3 is 2. The maximum atomic E-state index is 12.8. The van der Waals surface area contributed by atoms with Gasteiger partial charge in [0.05, 0.1) is 17.1 Å². The highest BCUT2D eigenvalue weighted by Crippen LogP contribution is 2.30. The molecular formula is C13H19ClN2O4S. The van der Waals surface area contributed by atoms with Gasteiger partial charge in [-0.3, -0.25) is 0 Å². The van der Waals surface area contributed by atoms with E-state index in [1.165, 1.54) is 30.7 Å². The van der Waals surface area contributed by atoms with Crippen molar-refractivity contribution in [1.82, 2.24) is 4.31 Å². The fourth-order valence-corrected chi connectivity index (χ4v) is 4.48. The van der Waals surface area contributed by atoms with Gasteiger partial charge >= 0.3 is 0 Å². The second kappa shape index (κ2) is 6.10. The molecule has 1 aliphatic heterocycles. The summed E-state index contributed by atoms with van der Waals surface area (Å²) in [6, 6.07) is 2.96. The number of halogens is 1. The summed E-state index contributed by atoms with van der Waals surface area (Å²) in [5, 5.41) is 0.294. The van der Waals surface area contributed by atoms with E-state index < -0.39 is 10.0 Å². The van der Waals surface area contributed by atoms with E-state index in [0.717, 1.165) is 0 Å². The van der Waals surface area contributed by atoms with Gasteiger partial charge in [-0.05, 0) is 24.6 Å². The van der Waals surface area contributed by atoms with Crippen molar-refractivity contribution in [2.75, 3.05) is 33.0 Å². The van der Waals surface area contributed by atoms with Gasteiger partial charge in [0.1, 0.15) is 0 Å². The van der Waals surface area contributed by atoms with Gasteiger partial charge in [-0.15, -0.1) is 0 Å². The van der Waals surface area contributed by atoms with E-state index in [-0.39, 0.29) is 30.2 Å². The zero-order chi connectivity index (χ0) is 15.8. The lowest BCUT2D eigenvalue weighted by molar-refractivity contribution is -0.00461. The lowest BCUT2D eigenvalue weighted by Crippen LogP contribution is -2.30. The zero-order valence-electron chi connectivity index (χ0n) is 12.2. The van der Waals surface area contributed by atoms with Crippen molar-refractivity contribution >= 4 is 27.3 Å². The number of rotatable bonds is 4. The maximum absolute atomic E-state index is 12.8. The average Bonchev–Trinajstić information content (AvgIpc) is 2.86. The SMILES string of the molecule is COC1CN(S(=O)(=O)c2cc(Cl)cc(N)c2C)CC1OC. The van der Waals surface area contributed by atoms with Gasteiger partial charge in [0.15, 0.2) is 0 Å². The highest BCUT2D eigenvalue weighted by Gasteiger charge is 2.40. The van der Waals surface area contributed by atoms with Crippen molar-refractivity contribution in [2.45, 2.75) is 24.0 Å². The third kappa shape index (κ3) is 3.02. The molecule has 1 aromatic carbocycles. The molecule has 1 aromatic rings. The first kappa shape index (κ1) is 16.5. The van der Waals surface area contributed by atoms with Gasteiger partial charge < -0.3 is 15.2 Å². The number of nitrogens with two attached hydrogens (primary N) is 1. The van der Waals surface area contributed by atoms with Crippen molar-refractivity contribution < 1.29 is 17.9 Å². The molecule has 0 bridgehead atoms. The Morgan fingerprint density at radius 3 is 2.24 bits per heavy atom. The van der Waals surface area contributed by atoms with Crippen molar-refractivity contribution in [3.63, 3.8) is 0 Å². The van der Waals surface area contributed by atoms with Gasteiger partial charge in [-0.25, -0.2) is 8.42 Å². The zero-order valence-corrected chi connectivity index (χ0v) is 13.7. The van der Waals surface area contributed by atoms with Crippen molar-refractivity contribution in [3.05, 3.63) is 22.7 Å². The number of benzene rings is 1. The molecular weight excluding hydrogens is 316 g/mol. The first-order valence-electron chi connectivity index (χ1n) is 6.42. The van der Waals surface area contributed by atoms with Crippen molar-refractivity contribution in [3.8, 4) is 0 Å². The molecule has 6 nitrogen and oxygen atoms in total. The molecule has 118 valence electrons. The Morgan fingerprint density at radius 1 is 1.24 bits per heavy atom. The largest absolute Gasteiger partial charge is 0.398 e. The lowest BCUT2D eigenvalue weighted by atomic mass is 10.2. The molecule has 0 saturated carbocycles. The Balaban J connectivity index is 2.40. The summed E-state index contributed by atoms with van der Waals surface area (Å²) in [4.78, 5) is 0.124. The van der Waals surface area contributed by atoms with E-state index in [1.54, 1.807) is 6.92 Å². The normalized spacial score (nSPS) is 23.6. The molecule has 0 radical (unpaired) electrons. The standard InChI is InChI=1S/C13H19ClN2O4S/c1-8-10(15)4-9(14)5-13(8)21(17,18)16-6-11(19-2)12(7-16)20-3/h4-5,11-12H,6-7,15H2,1-3H3. The van der Waals surface area contributed by atoms with Crippen LogP contribution in [-0.4, -0.2) is 52.2 Å². The molecule has 2 atom stereocenters. The predicted molar refractivity (Wildman–Crippen MR) is 81.0 cm³/mol. The predicted octanol–water partition coefficient (Wildman–Crippen LogP) is 1.26. The molecule has 1 saturated heterocycles. The molecule has 0 spiro atoms. The van der Waals surface area contributed by atoms with Crippen LogP contribution in [0.4, 0.5) is 5.69 Å². The summed E-state index contributed by atoms with van der Waals surface area (Å²) in [6.07, 6.45) is -0.580. The highest BCUT2D eigenvalue weighted by atomic mass is 35.5. The van der Waals surface area contributed by atoms with E-state index >= 15 is 0 Å². The Kier molecular flexibility index (Phi) is 4.79. The van der Waals surface area contributed by atoms with Crippen molar-refractivity contribution in [1.29, 1.82) is 0 Å². The van der Waals surface area contributed by atoms with E-state index in [1.807, 2.05) is 0 Å². The molecule has 2 unspecified atom stereocenters. The number of sulfonamides is 1. The number of hydrogen-bond donors (Lipinski definition) is 1. The van der Waals surface area contributed by atoms with Crippen LogP contribution >= 0.6 is 11.6 Å². The Bertz CT molecular complexity index is 623. The van der Waals surface area contributed by atoms with Gasteiger partial charge in [0, 0.05) is 38.0 Å². The highest BCUT2D eigenvalue weighted by molar-refractivity contribution is 7.89. The van der Waals surface area contributed by atoms with Crippen LogP contribution in [0.3, 0.4) is 0 Å². The third-order valence-electron chi connectivity index (χ3n) is 3.77. The Hall–Kier alpha value is -0.860. The number of nitrogen functional groups attached to an aromatic ring is 1. The molecule has 1 heterocycles. The van der Waals surface area contributed by atoms with Crippen LogP contribution in [0.2, 0.25) is 5.02 Å². The summed E-state index contributed by atoms with van der Waals surface area (Å²) in [6.45, 7) is 2.14. The average molecular weight is 335 g/mol. The number of nitrogens with zero attached hydrogens (tertiary/aromatic N) is 1. The molecule has 2 rings (SSSR count). The minimum Gasteiger partial charge on any atom is -0.398 e. The summed E-state index contributed by atoms with van der Waals surface area (Å²) in [5.74, 6) is 0. The van der Waals surface area contributed by atoms with Crippen LogP contribution < -0.4 is 5.73 Å². The van der Waals surface area contributed by atoms with Crippen molar-refractivity contribution in [2.24, 2.45) is 0 Å². The fraction of sp³-hybridized carbons (Fsp3) is 0.538. The fourth-order valence-electron chi connectivity index (χ4n) is 2.44. The molecule has 1 aliphatic rings. The van der Waals surface area contributed by atoms with Crippen LogP contribution in [-0.2, 0) is 19.5 Å². The maximum Gasteiger partial charge on any atom is 0.243 e. The summed E-state index contributed by atoms with van der Waals surface area (Å²) >= 11 is 5.93. The van der Waals surface area contributed by atoms with E-state index in [9.17, 15) is 8.42 Å². The number of hydrogen-bond acceptors (Lipinski definition) is 5. The van der Waals surface area contributed by atoms with Crippen LogP contribution in [0.15, 0.2) is 17.0 Å². The van der Waals surface area contributed by atoms with E-state index in [0.29, 0.717) is 16.3 Å². The Morgan fingerprint density at radius 2 is 1.76 bits per heavy atom. The van der Waals surface area contributed by atoms with Crippen LogP contribution in [0.25, 0.3) is 0 Å². The summed E-state index contributed by atoms with van der Waals surface area (Å²) < 4.78 is 37.5. The molecule has 0 amide bonds. The molecule has 2 N–H and O–H groups in total. The minimum atomic E-state index is -3.69. The molecule has 1 fully saturated rings. The smallest absolute Gasteiger partial charge is 0.243 e. The molecule has 0 aliphatic carbocycles. The van der Waals surface area contributed by atoms with E-state index in [2.05, 4.69) is 0 Å². The van der Waals surface area contributed by atoms with Gasteiger partial charge in [0.2, 0.25) is 10.0 Å². The van der Waals surface area contributed by atoms with Gasteiger partial charge in [-0.1, -0.05) is 11.6 Å². The third-order valence-corrected chi connectivity index (χ3v) is 5.95. The van der Waals surface area contributed by atoms with Crippen LogP contribution in [0, 0.1) is 6.92 Å². The quantitative estimate of drug-likeness (QED) is 0.838. The molecule has 21 heavy (non-hydrogen) atoms. The topological polar surface area (TPSA) is 81.9 Å². The van der Waals surface area contributed by atoms with Crippen LogP contribution in [0.1, 0.15) is 5.56 Å². The van der Waals surface area contributed by atoms with E-state index in [4.69, 9.17) is 26.8 Å². The number of ether oxygens (including phenoxy) is 2. The Labute approximate surface area is 129 Å².